The zero-order valence-electron chi connectivity index (χ0n) is 15.9. The van der Waals surface area contributed by atoms with Crippen molar-refractivity contribution in [3.05, 3.63) is 34.4 Å². The number of non-ortho nitro benzene ring substituents is 1. The summed E-state index contributed by atoms with van der Waals surface area (Å²) in [5.41, 5.74) is 0.623. The monoisotopic (exact) mass is 374 g/mol. The first kappa shape index (κ1) is 19.8. The van der Waals surface area contributed by atoms with Gasteiger partial charge in [-0.2, -0.15) is 0 Å². The smallest absolute Gasteiger partial charge is 0.269 e. The van der Waals surface area contributed by atoms with Gasteiger partial charge in [-0.15, -0.1) is 0 Å². The second kappa shape index (κ2) is 9.80. The molecule has 27 heavy (non-hydrogen) atoms. The minimum Gasteiger partial charge on any atom is -0.325 e. The van der Waals surface area contributed by atoms with Gasteiger partial charge in [-0.3, -0.25) is 19.8 Å². The Bertz CT molecular complexity index is 629. The van der Waals surface area contributed by atoms with E-state index in [0.29, 0.717) is 12.2 Å². The van der Waals surface area contributed by atoms with E-state index < -0.39 is 4.92 Å². The number of benzene rings is 1. The Morgan fingerprint density at radius 3 is 2.37 bits per heavy atom. The minimum absolute atomic E-state index is 0.0265. The number of nitro benzene ring substituents is 1. The molecule has 7 heteroatoms. The van der Waals surface area contributed by atoms with E-state index in [-0.39, 0.29) is 11.6 Å². The Kier molecular flexibility index (Phi) is 7.18. The molecule has 0 aromatic heterocycles. The van der Waals surface area contributed by atoms with Crippen LogP contribution in [0.5, 0.6) is 0 Å². The van der Waals surface area contributed by atoms with Crippen LogP contribution in [-0.2, 0) is 4.79 Å². The number of rotatable bonds is 6. The molecular weight excluding hydrogens is 344 g/mol. The highest BCUT2D eigenvalue weighted by Gasteiger charge is 2.21. The molecule has 1 aromatic carbocycles. The largest absolute Gasteiger partial charge is 0.325 e. The van der Waals surface area contributed by atoms with Crippen LogP contribution in [0.1, 0.15) is 38.5 Å². The number of carbonyl (C=O) groups excluding carboxylic acids is 1. The molecule has 1 aliphatic carbocycles. The molecule has 0 atom stereocenters. The van der Waals surface area contributed by atoms with Crippen LogP contribution in [0.4, 0.5) is 11.4 Å². The van der Waals surface area contributed by atoms with E-state index in [2.05, 4.69) is 15.1 Å². The van der Waals surface area contributed by atoms with Crippen molar-refractivity contribution in [2.24, 2.45) is 5.92 Å². The van der Waals surface area contributed by atoms with Crippen LogP contribution >= 0.6 is 0 Å². The first-order valence-electron chi connectivity index (χ1n) is 10.1. The van der Waals surface area contributed by atoms with E-state index in [9.17, 15) is 14.9 Å². The summed E-state index contributed by atoms with van der Waals surface area (Å²) in [6.45, 7) is 5.59. The SMILES string of the molecule is O=C(CN1CCCN(CC2CCCCC2)CC1)Nc1ccc([N+](=O)[O-])cc1. The normalized spacial score (nSPS) is 20.1. The van der Waals surface area contributed by atoms with Gasteiger partial charge < -0.3 is 10.2 Å². The van der Waals surface area contributed by atoms with Crippen molar-refractivity contribution in [2.45, 2.75) is 38.5 Å². The molecule has 148 valence electrons. The summed E-state index contributed by atoms with van der Waals surface area (Å²) in [6, 6.07) is 5.96. The maximum absolute atomic E-state index is 12.3. The topological polar surface area (TPSA) is 78.7 Å². The average Bonchev–Trinajstić information content (AvgIpc) is 2.88. The van der Waals surface area contributed by atoms with Gasteiger partial charge in [-0.1, -0.05) is 19.3 Å². The van der Waals surface area contributed by atoms with Gasteiger partial charge in [-0.25, -0.2) is 0 Å². The first-order chi connectivity index (χ1) is 13.1. The number of anilines is 1. The standard InChI is InChI=1S/C20H30N4O3/c25-20(21-18-7-9-19(10-8-18)24(26)27)16-23-12-4-11-22(13-14-23)15-17-5-2-1-3-6-17/h7-10,17H,1-6,11-16H2,(H,21,25). The molecule has 0 unspecified atom stereocenters. The molecule has 1 aromatic rings. The number of nitro groups is 1. The number of carbonyl (C=O) groups is 1. The predicted molar refractivity (Wildman–Crippen MR) is 106 cm³/mol. The minimum atomic E-state index is -0.443. The van der Waals surface area contributed by atoms with Gasteiger partial charge in [0, 0.05) is 37.5 Å². The molecule has 1 N–H and O–H groups in total. The van der Waals surface area contributed by atoms with E-state index in [1.807, 2.05) is 0 Å². The number of amides is 1. The summed E-state index contributed by atoms with van der Waals surface area (Å²) >= 11 is 0. The summed E-state index contributed by atoms with van der Waals surface area (Å²) in [7, 11) is 0. The first-order valence-corrected chi connectivity index (χ1v) is 10.1. The molecule has 2 fully saturated rings. The lowest BCUT2D eigenvalue weighted by Gasteiger charge is -2.28. The summed E-state index contributed by atoms with van der Waals surface area (Å²) in [6.07, 6.45) is 8.00. The van der Waals surface area contributed by atoms with Crippen molar-refractivity contribution in [3.8, 4) is 0 Å². The Morgan fingerprint density at radius 1 is 1.00 bits per heavy atom. The van der Waals surface area contributed by atoms with Crippen molar-refractivity contribution in [1.29, 1.82) is 0 Å². The van der Waals surface area contributed by atoms with Crippen LogP contribution in [0.25, 0.3) is 0 Å². The average molecular weight is 374 g/mol. The van der Waals surface area contributed by atoms with Crippen LogP contribution in [0, 0.1) is 16.0 Å². The van der Waals surface area contributed by atoms with Gasteiger partial charge in [0.15, 0.2) is 0 Å². The van der Waals surface area contributed by atoms with Crippen molar-refractivity contribution in [1.82, 2.24) is 9.80 Å². The molecule has 1 aliphatic heterocycles. The molecule has 2 aliphatic rings. The fraction of sp³-hybridized carbons (Fsp3) is 0.650. The van der Waals surface area contributed by atoms with Crippen LogP contribution in [0.3, 0.4) is 0 Å². The van der Waals surface area contributed by atoms with E-state index in [1.165, 1.54) is 50.8 Å². The number of hydrogen-bond acceptors (Lipinski definition) is 5. The van der Waals surface area contributed by atoms with Crippen molar-refractivity contribution < 1.29 is 9.72 Å². The number of hydrogen-bond donors (Lipinski definition) is 1. The fourth-order valence-corrected chi connectivity index (χ4v) is 4.17. The van der Waals surface area contributed by atoms with Crippen LogP contribution in [0.15, 0.2) is 24.3 Å². The fourth-order valence-electron chi connectivity index (χ4n) is 4.17. The third-order valence-corrected chi connectivity index (χ3v) is 5.65. The second-order valence-electron chi connectivity index (χ2n) is 7.79. The quantitative estimate of drug-likeness (QED) is 0.611. The Labute approximate surface area is 160 Å². The van der Waals surface area contributed by atoms with Crippen LogP contribution in [0.2, 0.25) is 0 Å². The number of nitrogens with zero attached hydrogens (tertiary/aromatic N) is 3. The highest BCUT2D eigenvalue weighted by molar-refractivity contribution is 5.92. The molecule has 1 amide bonds. The molecule has 1 saturated carbocycles. The van der Waals surface area contributed by atoms with Gasteiger partial charge in [0.25, 0.3) is 5.69 Å². The molecular formula is C20H30N4O3. The van der Waals surface area contributed by atoms with Crippen LogP contribution < -0.4 is 5.32 Å². The molecule has 7 nitrogen and oxygen atoms in total. The van der Waals surface area contributed by atoms with Crippen molar-refractivity contribution >= 4 is 17.3 Å². The summed E-state index contributed by atoms with van der Waals surface area (Å²) in [5, 5.41) is 13.5. The highest BCUT2D eigenvalue weighted by Crippen LogP contribution is 2.24. The molecule has 0 radical (unpaired) electrons. The molecule has 0 bridgehead atoms. The zero-order chi connectivity index (χ0) is 19.1. The van der Waals surface area contributed by atoms with E-state index in [0.717, 1.165) is 38.5 Å². The Hall–Kier alpha value is -1.99. The van der Waals surface area contributed by atoms with E-state index in [4.69, 9.17) is 0 Å². The predicted octanol–water partition coefficient (Wildman–Crippen LogP) is 3.12. The molecule has 1 saturated heterocycles. The third kappa shape index (κ3) is 6.29. The maximum atomic E-state index is 12.3. The lowest BCUT2D eigenvalue weighted by Crippen LogP contribution is -2.37. The molecule has 1 heterocycles. The molecule has 0 spiro atoms. The summed E-state index contributed by atoms with van der Waals surface area (Å²) in [4.78, 5) is 27.3. The van der Waals surface area contributed by atoms with Gasteiger partial charge in [0.05, 0.1) is 11.5 Å². The van der Waals surface area contributed by atoms with Gasteiger partial charge in [0.2, 0.25) is 5.91 Å². The molecule has 3 rings (SSSR count). The Morgan fingerprint density at radius 2 is 1.67 bits per heavy atom. The van der Waals surface area contributed by atoms with E-state index >= 15 is 0 Å². The zero-order valence-corrected chi connectivity index (χ0v) is 15.9. The van der Waals surface area contributed by atoms with Crippen LogP contribution in [-0.4, -0.2) is 59.9 Å². The highest BCUT2D eigenvalue weighted by atomic mass is 16.6. The van der Waals surface area contributed by atoms with Gasteiger partial charge in [0.1, 0.15) is 0 Å². The maximum Gasteiger partial charge on any atom is 0.269 e. The lowest BCUT2D eigenvalue weighted by molar-refractivity contribution is -0.384. The third-order valence-electron chi connectivity index (χ3n) is 5.65. The van der Waals surface area contributed by atoms with Gasteiger partial charge in [-0.05, 0) is 50.4 Å². The Balaban J connectivity index is 1.42. The van der Waals surface area contributed by atoms with Crippen molar-refractivity contribution in [2.75, 3.05) is 44.6 Å². The summed E-state index contributed by atoms with van der Waals surface area (Å²) < 4.78 is 0. The summed E-state index contributed by atoms with van der Waals surface area (Å²) in [5.74, 6) is 0.792. The van der Waals surface area contributed by atoms with E-state index in [1.54, 1.807) is 12.1 Å². The van der Waals surface area contributed by atoms with Gasteiger partial charge >= 0.3 is 0 Å². The second-order valence-corrected chi connectivity index (χ2v) is 7.79. The lowest BCUT2D eigenvalue weighted by atomic mass is 9.89. The van der Waals surface area contributed by atoms with Crippen molar-refractivity contribution in [3.63, 3.8) is 0 Å². The number of nitrogens with one attached hydrogen (secondary N) is 1.